The van der Waals surface area contributed by atoms with Crippen molar-refractivity contribution in [3.63, 3.8) is 0 Å². The summed E-state index contributed by atoms with van der Waals surface area (Å²) in [5.74, 6) is 0.430. The maximum Gasteiger partial charge on any atom is 0.340 e. The van der Waals surface area contributed by atoms with Crippen LogP contribution < -0.4 is 5.69 Å². The number of rotatable bonds is 3. The summed E-state index contributed by atoms with van der Waals surface area (Å²) in [6.45, 7) is 0.577. The van der Waals surface area contributed by atoms with Crippen LogP contribution in [0.15, 0.2) is 45.9 Å². The van der Waals surface area contributed by atoms with Gasteiger partial charge >= 0.3 is 5.69 Å². The van der Waals surface area contributed by atoms with Gasteiger partial charge in [0.15, 0.2) is 12.2 Å². The fourth-order valence-electron chi connectivity index (χ4n) is 3.23. The van der Waals surface area contributed by atoms with Gasteiger partial charge in [0, 0.05) is 12.1 Å². The van der Waals surface area contributed by atoms with E-state index in [0.29, 0.717) is 18.1 Å². The summed E-state index contributed by atoms with van der Waals surface area (Å²) in [5.41, 5.74) is 0.962. The Balaban J connectivity index is 1.68. The van der Waals surface area contributed by atoms with Crippen LogP contribution in [0.25, 0.3) is 11.3 Å². The number of hydrogen-bond donors (Lipinski definition) is 2. The van der Waals surface area contributed by atoms with E-state index in [1.54, 1.807) is 4.90 Å². The molecule has 128 valence electrons. The second-order valence-electron chi connectivity index (χ2n) is 5.97. The van der Waals surface area contributed by atoms with Gasteiger partial charge in [0.05, 0.1) is 6.04 Å². The predicted octanol–water partition coefficient (Wildman–Crippen LogP) is 2.12. The van der Waals surface area contributed by atoms with Gasteiger partial charge in [0.1, 0.15) is 5.69 Å². The van der Waals surface area contributed by atoms with Gasteiger partial charge in [-0.05, 0) is 19.3 Å². The molecule has 3 heterocycles. The molecule has 3 aromatic rings. The number of carbonyl (C=O) groups excluding carboxylic acids is 1. The smallest absolute Gasteiger partial charge is 0.340 e. The second kappa shape index (κ2) is 6.39. The number of nitrogens with zero attached hydrogens (tertiary/aromatic N) is 3. The highest BCUT2D eigenvalue weighted by atomic mass is 16.3. The Kier molecular flexibility index (Phi) is 3.93. The number of oxazole rings is 1. The third-order valence-electron chi connectivity index (χ3n) is 4.41. The molecular formula is C17H17N5O3. The van der Waals surface area contributed by atoms with Crippen LogP contribution in [-0.2, 0) is 0 Å². The zero-order chi connectivity index (χ0) is 17.2. The third kappa shape index (κ3) is 2.86. The lowest BCUT2D eigenvalue weighted by Crippen LogP contribution is -2.39. The molecule has 0 unspecified atom stereocenters. The molecule has 2 aromatic heterocycles. The Labute approximate surface area is 142 Å². The average Bonchev–Trinajstić information content (AvgIpc) is 3.31. The van der Waals surface area contributed by atoms with Crippen LogP contribution in [0.2, 0.25) is 0 Å². The van der Waals surface area contributed by atoms with Crippen molar-refractivity contribution >= 4 is 5.91 Å². The van der Waals surface area contributed by atoms with Crippen LogP contribution in [0.4, 0.5) is 0 Å². The van der Waals surface area contributed by atoms with E-state index in [1.165, 1.54) is 6.39 Å². The van der Waals surface area contributed by atoms with Crippen LogP contribution in [0.3, 0.4) is 0 Å². The summed E-state index contributed by atoms with van der Waals surface area (Å²) in [6, 6.07) is 9.15. The fourth-order valence-corrected chi connectivity index (χ4v) is 3.23. The molecule has 1 aliphatic heterocycles. The SMILES string of the molecule is O=C(c1ocnc1-c1ccccc1)N1CCCC[C@@H]1c1n[nH]c(=O)[nH]1. The van der Waals surface area contributed by atoms with Gasteiger partial charge in [-0.2, -0.15) is 5.10 Å². The quantitative estimate of drug-likeness (QED) is 0.760. The first kappa shape index (κ1) is 15.4. The summed E-state index contributed by atoms with van der Waals surface area (Å²) in [5, 5.41) is 6.36. The third-order valence-corrected chi connectivity index (χ3v) is 4.41. The molecule has 4 rings (SSSR count). The van der Waals surface area contributed by atoms with Gasteiger partial charge in [0.25, 0.3) is 5.91 Å². The van der Waals surface area contributed by atoms with Crippen molar-refractivity contribution in [2.75, 3.05) is 6.54 Å². The minimum absolute atomic E-state index is 0.205. The van der Waals surface area contributed by atoms with Crippen LogP contribution in [0, 0.1) is 0 Å². The summed E-state index contributed by atoms with van der Waals surface area (Å²) in [7, 11) is 0. The zero-order valence-electron chi connectivity index (χ0n) is 13.4. The normalized spacial score (nSPS) is 17.6. The topological polar surface area (TPSA) is 108 Å². The predicted molar refractivity (Wildman–Crippen MR) is 88.8 cm³/mol. The lowest BCUT2D eigenvalue weighted by atomic mass is 10.0. The first-order chi connectivity index (χ1) is 12.2. The van der Waals surface area contributed by atoms with Crippen LogP contribution in [-0.4, -0.2) is 37.5 Å². The number of hydrogen-bond acceptors (Lipinski definition) is 5. The molecule has 1 aliphatic rings. The standard InChI is InChI=1S/C17H17N5O3/c23-16(14-13(18-10-25-14)11-6-2-1-3-7-11)22-9-5-4-8-12(22)15-19-17(24)21-20-15/h1-3,6-7,10,12H,4-5,8-9H2,(H2,19,20,21,24)/t12-/m1/s1. The van der Waals surface area contributed by atoms with Gasteiger partial charge in [-0.15, -0.1) is 0 Å². The van der Waals surface area contributed by atoms with Crippen molar-refractivity contribution < 1.29 is 9.21 Å². The van der Waals surface area contributed by atoms with Gasteiger partial charge in [-0.25, -0.2) is 14.9 Å². The van der Waals surface area contributed by atoms with Gasteiger partial charge in [0.2, 0.25) is 5.76 Å². The molecule has 1 saturated heterocycles. The molecular weight excluding hydrogens is 322 g/mol. The molecule has 0 bridgehead atoms. The minimum Gasteiger partial charge on any atom is -0.438 e. The highest BCUT2D eigenvalue weighted by Gasteiger charge is 2.33. The molecule has 25 heavy (non-hydrogen) atoms. The van der Waals surface area contributed by atoms with Crippen molar-refractivity contribution in [2.45, 2.75) is 25.3 Å². The lowest BCUT2D eigenvalue weighted by molar-refractivity contribution is 0.0569. The second-order valence-corrected chi connectivity index (χ2v) is 5.97. The minimum atomic E-state index is -0.377. The van der Waals surface area contributed by atoms with Gasteiger partial charge in [-0.3, -0.25) is 9.78 Å². The zero-order valence-corrected chi connectivity index (χ0v) is 13.4. The number of nitrogens with one attached hydrogen (secondary N) is 2. The van der Waals surface area contributed by atoms with Crippen molar-refractivity contribution in [3.8, 4) is 11.3 Å². The van der Waals surface area contributed by atoms with Gasteiger partial charge in [-0.1, -0.05) is 30.3 Å². The number of benzene rings is 1. The fraction of sp³-hybridized carbons (Fsp3) is 0.294. The van der Waals surface area contributed by atoms with Crippen molar-refractivity contribution in [1.29, 1.82) is 0 Å². The van der Waals surface area contributed by atoms with Crippen LogP contribution >= 0.6 is 0 Å². The van der Waals surface area contributed by atoms with E-state index >= 15 is 0 Å². The number of aromatic amines is 2. The maximum absolute atomic E-state index is 13.1. The van der Waals surface area contributed by atoms with E-state index in [1.807, 2.05) is 30.3 Å². The lowest BCUT2D eigenvalue weighted by Gasteiger charge is -2.33. The van der Waals surface area contributed by atoms with Crippen molar-refractivity contribution in [3.05, 3.63) is 58.8 Å². The van der Waals surface area contributed by atoms with Gasteiger partial charge < -0.3 is 9.32 Å². The number of likely N-dealkylation sites (tertiary alicyclic amines) is 1. The molecule has 0 aliphatic carbocycles. The number of carbonyl (C=O) groups is 1. The highest BCUT2D eigenvalue weighted by Crippen LogP contribution is 2.31. The monoisotopic (exact) mass is 339 g/mol. The molecule has 0 radical (unpaired) electrons. The molecule has 1 amide bonds. The van der Waals surface area contributed by atoms with E-state index in [9.17, 15) is 9.59 Å². The van der Waals surface area contributed by atoms with Crippen LogP contribution in [0.1, 0.15) is 41.7 Å². The Bertz CT molecular complexity index is 927. The van der Waals surface area contributed by atoms with E-state index in [-0.39, 0.29) is 23.4 Å². The Morgan fingerprint density at radius 1 is 1.24 bits per heavy atom. The van der Waals surface area contributed by atoms with E-state index in [0.717, 1.165) is 24.8 Å². The first-order valence-electron chi connectivity index (χ1n) is 8.18. The molecule has 0 saturated carbocycles. The summed E-state index contributed by atoms with van der Waals surface area (Å²) < 4.78 is 5.42. The van der Waals surface area contributed by atoms with E-state index in [4.69, 9.17) is 4.42 Å². The Morgan fingerprint density at radius 2 is 2.08 bits per heavy atom. The van der Waals surface area contributed by atoms with E-state index < -0.39 is 0 Å². The molecule has 0 spiro atoms. The average molecular weight is 339 g/mol. The van der Waals surface area contributed by atoms with Crippen molar-refractivity contribution in [1.82, 2.24) is 25.1 Å². The van der Waals surface area contributed by atoms with E-state index in [2.05, 4.69) is 20.2 Å². The largest absolute Gasteiger partial charge is 0.438 e. The number of aromatic nitrogens is 4. The molecule has 8 nitrogen and oxygen atoms in total. The summed E-state index contributed by atoms with van der Waals surface area (Å²) in [6.07, 6.45) is 3.88. The molecule has 1 atom stereocenters. The number of amides is 1. The number of H-pyrrole nitrogens is 2. The molecule has 8 heteroatoms. The van der Waals surface area contributed by atoms with Crippen LogP contribution in [0.5, 0.6) is 0 Å². The maximum atomic E-state index is 13.1. The Hall–Kier alpha value is -3.16. The summed E-state index contributed by atoms with van der Waals surface area (Å²) in [4.78, 5) is 33.0. The highest BCUT2D eigenvalue weighted by molar-refractivity contribution is 5.97. The summed E-state index contributed by atoms with van der Waals surface area (Å²) >= 11 is 0. The molecule has 2 N–H and O–H groups in total. The first-order valence-corrected chi connectivity index (χ1v) is 8.18. The Morgan fingerprint density at radius 3 is 2.84 bits per heavy atom. The van der Waals surface area contributed by atoms with Crippen molar-refractivity contribution in [2.24, 2.45) is 0 Å². The molecule has 1 aromatic carbocycles. The molecule has 1 fully saturated rings. The number of piperidine rings is 1.